The SMILES string of the molecule is COC(=O)CCS(=O)(=O)CCc1cc(F)ccc1C(C)N(c1cc(F)ccc1F)S(=O)(=O)c1ccc(Cl)cc1. The van der Waals surface area contributed by atoms with Gasteiger partial charge in [0.15, 0.2) is 9.84 Å². The zero-order valence-electron chi connectivity index (χ0n) is 20.9. The maximum Gasteiger partial charge on any atom is 0.306 e. The normalized spacial score (nSPS) is 12.7. The Kier molecular flexibility index (Phi) is 9.68. The van der Waals surface area contributed by atoms with Gasteiger partial charge < -0.3 is 4.74 Å². The number of nitrogens with zero attached hydrogens (tertiary/aromatic N) is 1. The third kappa shape index (κ3) is 7.52. The van der Waals surface area contributed by atoms with Crippen molar-refractivity contribution < 1.29 is 39.5 Å². The number of anilines is 1. The van der Waals surface area contributed by atoms with E-state index in [1.54, 1.807) is 0 Å². The van der Waals surface area contributed by atoms with Gasteiger partial charge >= 0.3 is 5.97 Å². The maximum atomic E-state index is 15.0. The topological polar surface area (TPSA) is 97.8 Å². The molecule has 210 valence electrons. The van der Waals surface area contributed by atoms with Crippen LogP contribution in [-0.4, -0.2) is 41.4 Å². The summed E-state index contributed by atoms with van der Waals surface area (Å²) in [4.78, 5) is 11.1. The molecule has 0 fully saturated rings. The van der Waals surface area contributed by atoms with Crippen LogP contribution in [0.5, 0.6) is 0 Å². The summed E-state index contributed by atoms with van der Waals surface area (Å²) in [5.74, 6) is -4.33. The van der Waals surface area contributed by atoms with E-state index in [4.69, 9.17) is 11.6 Å². The molecule has 0 aliphatic rings. The Balaban J connectivity index is 2.08. The molecular formula is C26H25ClF3NO6S2. The highest BCUT2D eigenvalue weighted by Gasteiger charge is 2.34. The van der Waals surface area contributed by atoms with Crippen molar-refractivity contribution in [1.29, 1.82) is 0 Å². The maximum absolute atomic E-state index is 15.0. The van der Waals surface area contributed by atoms with Crippen molar-refractivity contribution in [2.24, 2.45) is 0 Å². The van der Waals surface area contributed by atoms with Crippen LogP contribution in [0.1, 0.15) is 30.5 Å². The number of benzene rings is 3. The highest BCUT2D eigenvalue weighted by molar-refractivity contribution is 7.93. The number of carbonyl (C=O) groups excluding carboxylic acids is 1. The minimum absolute atomic E-state index is 0.136. The molecule has 0 N–H and O–H groups in total. The van der Waals surface area contributed by atoms with Crippen molar-refractivity contribution >= 4 is 43.1 Å². The Morgan fingerprint density at radius 1 is 0.923 bits per heavy atom. The molecule has 0 spiro atoms. The molecule has 0 aromatic heterocycles. The van der Waals surface area contributed by atoms with E-state index < -0.39 is 66.5 Å². The van der Waals surface area contributed by atoms with Gasteiger partial charge in [0.25, 0.3) is 10.0 Å². The van der Waals surface area contributed by atoms with Crippen molar-refractivity contribution in [3.63, 3.8) is 0 Å². The molecule has 0 amide bonds. The zero-order chi connectivity index (χ0) is 29.0. The summed E-state index contributed by atoms with van der Waals surface area (Å²) < 4.78 is 101. The molecule has 7 nitrogen and oxygen atoms in total. The largest absolute Gasteiger partial charge is 0.469 e. The van der Waals surface area contributed by atoms with Gasteiger partial charge in [0, 0.05) is 11.1 Å². The van der Waals surface area contributed by atoms with Crippen LogP contribution in [0.25, 0.3) is 0 Å². The number of ether oxygens (including phenoxy) is 1. The molecule has 3 rings (SSSR count). The lowest BCUT2D eigenvalue weighted by atomic mass is 9.99. The van der Waals surface area contributed by atoms with Crippen LogP contribution in [0.4, 0.5) is 18.9 Å². The predicted molar refractivity (Wildman–Crippen MR) is 141 cm³/mol. The first-order chi connectivity index (χ1) is 18.2. The second-order valence-corrected chi connectivity index (χ2v) is 13.2. The Hall–Kier alpha value is -3.09. The summed E-state index contributed by atoms with van der Waals surface area (Å²) in [6, 6.07) is 9.51. The number of hydrogen-bond acceptors (Lipinski definition) is 6. The van der Waals surface area contributed by atoms with E-state index in [1.807, 2.05) is 0 Å². The average molecular weight is 604 g/mol. The van der Waals surface area contributed by atoms with Crippen molar-refractivity contribution in [3.8, 4) is 0 Å². The fourth-order valence-electron chi connectivity index (χ4n) is 3.95. The molecule has 3 aromatic carbocycles. The van der Waals surface area contributed by atoms with Gasteiger partial charge in [-0.15, -0.1) is 0 Å². The fourth-order valence-corrected chi connectivity index (χ4v) is 6.93. The quantitative estimate of drug-likeness (QED) is 0.278. The van der Waals surface area contributed by atoms with Gasteiger partial charge in [-0.25, -0.2) is 30.0 Å². The van der Waals surface area contributed by atoms with Gasteiger partial charge in [-0.3, -0.25) is 9.10 Å². The van der Waals surface area contributed by atoms with Gasteiger partial charge in [-0.1, -0.05) is 17.7 Å². The predicted octanol–water partition coefficient (Wildman–Crippen LogP) is 5.23. The van der Waals surface area contributed by atoms with Crippen LogP contribution in [0, 0.1) is 17.5 Å². The van der Waals surface area contributed by atoms with Crippen LogP contribution >= 0.6 is 11.6 Å². The van der Waals surface area contributed by atoms with Crippen LogP contribution in [0.3, 0.4) is 0 Å². The Morgan fingerprint density at radius 2 is 1.54 bits per heavy atom. The van der Waals surface area contributed by atoms with Crippen LogP contribution < -0.4 is 4.31 Å². The number of methoxy groups -OCH3 is 1. The van der Waals surface area contributed by atoms with Crippen LogP contribution in [0.2, 0.25) is 5.02 Å². The lowest BCUT2D eigenvalue weighted by Crippen LogP contribution is -2.35. The van der Waals surface area contributed by atoms with Crippen LogP contribution in [0.15, 0.2) is 65.6 Å². The first kappa shape index (κ1) is 30.5. The molecule has 3 aromatic rings. The molecular weight excluding hydrogens is 579 g/mol. The molecule has 0 saturated heterocycles. The Morgan fingerprint density at radius 3 is 2.18 bits per heavy atom. The highest BCUT2D eigenvalue weighted by Crippen LogP contribution is 2.37. The molecule has 1 atom stereocenters. The fraction of sp³-hybridized carbons (Fsp3) is 0.269. The summed E-state index contributed by atoms with van der Waals surface area (Å²) in [5.41, 5.74) is -0.295. The van der Waals surface area contributed by atoms with E-state index in [0.29, 0.717) is 4.31 Å². The second kappa shape index (κ2) is 12.4. The average Bonchev–Trinajstić information content (AvgIpc) is 2.88. The lowest BCUT2D eigenvalue weighted by Gasteiger charge is -2.32. The number of halogens is 4. The number of hydrogen-bond donors (Lipinski definition) is 0. The van der Waals surface area contributed by atoms with Crippen molar-refractivity contribution in [3.05, 3.63) is 94.3 Å². The van der Waals surface area contributed by atoms with Gasteiger partial charge in [0.05, 0.1) is 41.7 Å². The number of aryl methyl sites for hydroxylation is 1. The summed E-state index contributed by atoms with van der Waals surface area (Å²) in [6.45, 7) is 1.39. The molecule has 0 bridgehead atoms. The minimum atomic E-state index is -4.54. The van der Waals surface area contributed by atoms with Crippen molar-refractivity contribution in [2.45, 2.75) is 30.7 Å². The number of sulfone groups is 1. The number of carbonyl (C=O) groups is 1. The summed E-state index contributed by atoms with van der Waals surface area (Å²) in [7, 11) is -7.20. The Labute approximate surface area is 230 Å². The molecule has 1 unspecified atom stereocenters. The van der Waals surface area contributed by atoms with E-state index in [0.717, 1.165) is 37.4 Å². The van der Waals surface area contributed by atoms with Crippen molar-refractivity contribution in [1.82, 2.24) is 0 Å². The van der Waals surface area contributed by atoms with Gasteiger partial charge in [0.1, 0.15) is 17.5 Å². The molecule has 0 heterocycles. The first-order valence-electron chi connectivity index (χ1n) is 11.6. The highest BCUT2D eigenvalue weighted by atomic mass is 35.5. The third-order valence-corrected chi connectivity index (χ3v) is 9.75. The molecule has 0 radical (unpaired) electrons. The second-order valence-electron chi connectivity index (χ2n) is 8.60. The van der Waals surface area contributed by atoms with Gasteiger partial charge in [-0.2, -0.15) is 0 Å². The Bertz CT molecular complexity index is 1570. The monoisotopic (exact) mass is 603 g/mol. The van der Waals surface area contributed by atoms with E-state index in [9.17, 15) is 34.8 Å². The molecule has 0 saturated carbocycles. The molecule has 39 heavy (non-hydrogen) atoms. The van der Waals surface area contributed by atoms with Crippen LogP contribution in [-0.2, 0) is 35.8 Å². The van der Waals surface area contributed by atoms with Gasteiger partial charge in [-0.05, 0) is 73.0 Å². The van der Waals surface area contributed by atoms with Crippen molar-refractivity contribution in [2.75, 3.05) is 22.9 Å². The summed E-state index contributed by atoms with van der Waals surface area (Å²) >= 11 is 5.89. The molecule has 0 aliphatic heterocycles. The zero-order valence-corrected chi connectivity index (χ0v) is 23.3. The van der Waals surface area contributed by atoms with E-state index in [-0.39, 0.29) is 33.9 Å². The number of rotatable bonds is 11. The third-order valence-electron chi connectivity index (χ3n) is 5.95. The molecule has 0 aliphatic carbocycles. The molecule has 13 heteroatoms. The minimum Gasteiger partial charge on any atom is -0.469 e. The van der Waals surface area contributed by atoms with Gasteiger partial charge in [0.2, 0.25) is 0 Å². The van der Waals surface area contributed by atoms with E-state index in [1.165, 1.54) is 37.3 Å². The number of sulfonamides is 1. The smallest absolute Gasteiger partial charge is 0.306 e. The standard InChI is InChI=1S/C26H25ClF3NO6S2/c1-17(23-9-5-20(28)15-18(23)11-13-38(33,34)14-12-26(32)37-2)31(25-16-21(29)6-10-24(25)30)39(35,36)22-7-3-19(27)4-8-22/h3-10,15-17H,11-14H2,1-2H3. The lowest BCUT2D eigenvalue weighted by molar-refractivity contribution is -0.140. The number of esters is 1. The van der Waals surface area contributed by atoms with E-state index in [2.05, 4.69) is 4.74 Å². The summed E-state index contributed by atoms with van der Waals surface area (Å²) in [5, 5.41) is 0.250. The van der Waals surface area contributed by atoms with E-state index >= 15 is 0 Å². The summed E-state index contributed by atoms with van der Waals surface area (Å²) in [6.07, 6.45) is -0.599. The first-order valence-corrected chi connectivity index (χ1v) is 15.2.